The highest BCUT2D eigenvalue weighted by Gasteiger charge is 2.25. The number of nitrogens with one attached hydrogen (secondary N) is 2. The number of para-hydroxylation sites is 1. The quantitative estimate of drug-likeness (QED) is 0.765. The van der Waals surface area contributed by atoms with Gasteiger partial charge in [0, 0.05) is 35.3 Å². The number of rotatable bonds is 4. The topological polar surface area (TPSA) is 62.7 Å². The Labute approximate surface area is 147 Å². The van der Waals surface area contributed by atoms with Gasteiger partial charge in [-0.1, -0.05) is 18.2 Å². The smallest absolute Gasteiger partial charge is 0.222 e. The van der Waals surface area contributed by atoms with Crippen LogP contribution >= 0.6 is 0 Å². The Morgan fingerprint density at radius 3 is 3.00 bits per heavy atom. The number of aryl methyl sites for hydroxylation is 4. The van der Waals surface area contributed by atoms with E-state index in [-0.39, 0.29) is 11.9 Å². The lowest BCUT2D eigenvalue weighted by atomic mass is 9.91. The maximum absolute atomic E-state index is 12.5. The molecule has 0 spiro atoms. The summed E-state index contributed by atoms with van der Waals surface area (Å²) >= 11 is 0. The fourth-order valence-corrected chi connectivity index (χ4v) is 3.93. The van der Waals surface area contributed by atoms with Crippen molar-refractivity contribution in [3.63, 3.8) is 0 Å². The van der Waals surface area contributed by atoms with Crippen molar-refractivity contribution in [1.82, 2.24) is 20.1 Å². The van der Waals surface area contributed by atoms with E-state index in [0.717, 1.165) is 36.2 Å². The lowest BCUT2D eigenvalue weighted by Gasteiger charge is -2.24. The molecule has 0 saturated heterocycles. The summed E-state index contributed by atoms with van der Waals surface area (Å²) in [4.78, 5) is 16.0. The molecule has 0 aliphatic heterocycles. The van der Waals surface area contributed by atoms with Crippen LogP contribution in [-0.4, -0.2) is 20.7 Å². The number of aromatic nitrogens is 3. The van der Waals surface area contributed by atoms with Crippen molar-refractivity contribution in [3.05, 3.63) is 53.0 Å². The third-order valence-corrected chi connectivity index (χ3v) is 5.10. The molecule has 1 aliphatic carbocycles. The first-order valence-electron chi connectivity index (χ1n) is 9.01. The van der Waals surface area contributed by atoms with Crippen LogP contribution in [0.5, 0.6) is 0 Å². The molecule has 1 amide bonds. The highest BCUT2D eigenvalue weighted by molar-refractivity contribution is 5.85. The van der Waals surface area contributed by atoms with E-state index in [4.69, 9.17) is 0 Å². The number of fused-ring (bicyclic) bond motifs is 3. The predicted octanol–water partition coefficient (Wildman–Crippen LogP) is 3.57. The van der Waals surface area contributed by atoms with E-state index in [9.17, 15) is 4.79 Å². The second-order valence-corrected chi connectivity index (χ2v) is 6.98. The molecule has 2 N–H and O–H groups in total. The van der Waals surface area contributed by atoms with E-state index in [0.29, 0.717) is 13.0 Å². The Morgan fingerprint density at radius 1 is 1.36 bits per heavy atom. The van der Waals surface area contributed by atoms with Crippen molar-refractivity contribution in [3.8, 4) is 0 Å². The number of carbonyl (C=O) groups excluding carboxylic acids is 1. The molecule has 5 heteroatoms. The molecule has 2 aromatic heterocycles. The summed E-state index contributed by atoms with van der Waals surface area (Å²) in [7, 11) is 0. The van der Waals surface area contributed by atoms with Gasteiger partial charge in [0.2, 0.25) is 5.91 Å². The van der Waals surface area contributed by atoms with Gasteiger partial charge in [-0.15, -0.1) is 0 Å². The maximum atomic E-state index is 12.5. The summed E-state index contributed by atoms with van der Waals surface area (Å²) in [5.41, 5.74) is 5.81. The van der Waals surface area contributed by atoms with Gasteiger partial charge in [-0.05, 0) is 50.8 Å². The lowest BCUT2D eigenvalue weighted by molar-refractivity contribution is -0.122. The van der Waals surface area contributed by atoms with Crippen LogP contribution < -0.4 is 5.32 Å². The number of nitrogens with zero attached hydrogens (tertiary/aromatic N) is 2. The Kier molecular flexibility index (Phi) is 4.07. The van der Waals surface area contributed by atoms with E-state index in [1.807, 2.05) is 30.7 Å². The number of carbonyl (C=O) groups is 1. The maximum Gasteiger partial charge on any atom is 0.222 e. The molecule has 1 atom stereocenters. The minimum Gasteiger partial charge on any atom is -0.356 e. The van der Waals surface area contributed by atoms with E-state index in [1.165, 1.54) is 16.6 Å². The molecule has 0 bridgehead atoms. The molecule has 130 valence electrons. The zero-order valence-corrected chi connectivity index (χ0v) is 14.8. The Morgan fingerprint density at radius 2 is 2.20 bits per heavy atom. The average molecular weight is 336 g/mol. The highest BCUT2D eigenvalue weighted by atomic mass is 16.1. The summed E-state index contributed by atoms with van der Waals surface area (Å²) in [5, 5.41) is 8.94. The van der Waals surface area contributed by atoms with Crippen LogP contribution in [0.15, 0.2) is 30.3 Å². The fourth-order valence-electron chi connectivity index (χ4n) is 3.93. The molecular weight excluding hydrogens is 312 g/mol. The summed E-state index contributed by atoms with van der Waals surface area (Å²) in [5.74, 6) is 0.0871. The summed E-state index contributed by atoms with van der Waals surface area (Å²) in [6, 6.07) is 10.5. The second kappa shape index (κ2) is 6.39. The Bertz CT molecular complexity index is 921. The second-order valence-electron chi connectivity index (χ2n) is 6.98. The molecule has 3 aromatic rings. The van der Waals surface area contributed by atoms with Crippen LogP contribution in [0.25, 0.3) is 10.9 Å². The molecule has 0 saturated carbocycles. The zero-order valence-electron chi connectivity index (χ0n) is 14.8. The summed E-state index contributed by atoms with van der Waals surface area (Å²) < 4.78 is 1.91. The number of H-pyrrole nitrogens is 1. The first-order chi connectivity index (χ1) is 12.1. The Hall–Kier alpha value is -2.56. The third-order valence-electron chi connectivity index (χ3n) is 5.10. The number of aromatic amines is 1. The van der Waals surface area contributed by atoms with Crippen molar-refractivity contribution >= 4 is 16.8 Å². The van der Waals surface area contributed by atoms with Gasteiger partial charge >= 0.3 is 0 Å². The average Bonchev–Trinajstić information content (AvgIpc) is 3.13. The molecule has 0 fully saturated rings. The predicted molar refractivity (Wildman–Crippen MR) is 98.4 cm³/mol. The van der Waals surface area contributed by atoms with Crippen molar-refractivity contribution in [2.45, 2.75) is 52.1 Å². The van der Waals surface area contributed by atoms with E-state index in [1.54, 1.807) is 0 Å². The number of amides is 1. The zero-order chi connectivity index (χ0) is 17.4. The number of benzene rings is 1. The standard InChI is InChI=1S/C20H24N4O/c1-13-12-14(2)24(23-13)11-10-19(25)21-18-9-5-7-16-15-6-3-4-8-17(15)22-20(16)18/h3-4,6,8,12,18,22H,5,7,9-11H2,1-2H3,(H,21,25)/t18-/m1/s1. The van der Waals surface area contributed by atoms with E-state index < -0.39 is 0 Å². The van der Waals surface area contributed by atoms with Crippen molar-refractivity contribution in [2.75, 3.05) is 0 Å². The molecule has 5 nitrogen and oxygen atoms in total. The van der Waals surface area contributed by atoms with Gasteiger partial charge in [-0.2, -0.15) is 5.10 Å². The van der Waals surface area contributed by atoms with E-state index in [2.05, 4.69) is 33.6 Å². The van der Waals surface area contributed by atoms with Crippen molar-refractivity contribution < 1.29 is 4.79 Å². The van der Waals surface area contributed by atoms with Gasteiger partial charge in [0.25, 0.3) is 0 Å². The summed E-state index contributed by atoms with van der Waals surface area (Å²) in [6.45, 7) is 4.62. The van der Waals surface area contributed by atoms with Crippen LogP contribution in [0.4, 0.5) is 0 Å². The van der Waals surface area contributed by atoms with Gasteiger partial charge in [0.15, 0.2) is 0 Å². The normalized spacial score (nSPS) is 16.8. The van der Waals surface area contributed by atoms with Crippen LogP contribution in [-0.2, 0) is 17.8 Å². The molecule has 0 radical (unpaired) electrons. The molecule has 0 unspecified atom stereocenters. The highest BCUT2D eigenvalue weighted by Crippen LogP contribution is 2.34. The molecule has 25 heavy (non-hydrogen) atoms. The third kappa shape index (κ3) is 3.06. The first kappa shape index (κ1) is 15.9. The van der Waals surface area contributed by atoms with Gasteiger partial charge in [-0.25, -0.2) is 0 Å². The Balaban J connectivity index is 1.46. The largest absolute Gasteiger partial charge is 0.356 e. The minimum absolute atomic E-state index is 0.0871. The SMILES string of the molecule is Cc1cc(C)n(CCC(=O)N[C@@H]2CCCc3c2[nH]c2ccccc32)n1. The van der Waals surface area contributed by atoms with Gasteiger partial charge in [-0.3, -0.25) is 9.48 Å². The molecular formula is C20H24N4O. The van der Waals surface area contributed by atoms with Crippen LogP contribution in [0.3, 0.4) is 0 Å². The van der Waals surface area contributed by atoms with Gasteiger partial charge in [0.1, 0.15) is 0 Å². The molecule has 2 heterocycles. The molecule has 1 aliphatic rings. The fraction of sp³-hybridized carbons (Fsp3) is 0.400. The van der Waals surface area contributed by atoms with Gasteiger partial charge < -0.3 is 10.3 Å². The molecule has 4 rings (SSSR count). The molecule has 1 aromatic carbocycles. The van der Waals surface area contributed by atoms with Crippen LogP contribution in [0.2, 0.25) is 0 Å². The minimum atomic E-state index is 0.0871. The van der Waals surface area contributed by atoms with Crippen molar-refractivity contribution in [2.24, 2.45) is 0 Å². The monoisotopic (exact) mass is 336 g/mol. The van der Waals surface area contributed by atoms with Crippen LogP contribution in [0, 0.1) is 13.8 Å². The first-order valence-corrected chi connectivity index (χ1v) is 9.01. The summed E-state index contributed by atoms with van der Waals surface area (Å²) in [6.07, 6.45) is 3.63. The number of hydrogen-bond acceptors (Lipinski definition) is 2. The van der Waals surface area contributed by atoms with Crippen LogP contribution in [0.1, 0.15) is 47.9 Å². The number of hydrogen-bond donors (Lipinski definition) is 2. The van der Waals surface area contributed by atoms with Crippen molar-refractivity contribution in [1.29, 1.82) is 0 Å². The van der Waals surface area contributed by atoms with Gasteiger partial charge in [0.05, 0.1) is 11.7 Å². The van der Waals surface area contributed by atoms with E-state index >= 15 is 0 Å². The lowest BCUT2D eigenvalue weighted by Crippen LogP contribution is -2.31.